The summed E-state index contributed by atoms with van der Waals surface area (Å²) in [5.41, 5.74) is 1.97. The zero-order chi connectivity index (χ0) is 15.0. The van der Waals surface area contributed by atoms with Gasteiger partial charge in [0.2, 0.25) is 0 Å². The number of carbonyl (C=O) groups is 1. The first-order chi connectivity index (χ1) is 10.1. The lowest BCUT2D eigenvalue weighted by atomic mass is 10.3. The molecule has 0 bridgehead atoms. The smallest absolute Gasteiger partial charge is 0.281 e. The minimum atomic E-state index is -0.292. The van der Waals surface area contributed by atoms with Crippen LogP contribution in [0.1, 0.15) is 20.9 Å². The Balaban J connectivity index is 2.10. The second kappa shape index (κ2) is 5.14. The fourth-order valence-electron chi connectivity index (χ4n) is 2.08. The van der Waals surface area contributed by atoms with Crippen LogP contribution in [0, 0.1) is 13.8 Å². The Hall–Kier alpha value is -2.47. The van der Waals surface area contributed by atoms with Gasteiger partial charge in [0.1, 0.15) is 11.3 Å². The average Bonchev–Trinajstić information content (AvgIpc) is 2.98. The molecule has 0 unspecified atom stereocenters. The summed E-state index contributed by atoms with van der Waals surface area (Å²) < 4.78 is 1.45. The van der Waals surface area contributed by atoms with Gasteiger partial charge in [-0.15, -0.1) is 11.3 Å². The van der Waals surface area contributed by atoms with E-state index in [4.69, 9.17) is 0 Å². The number of rotatable bonds is 2. The molecule has 0 radical (unpaired) electrons. The number of pyridine rings is 1. The van der Waals surface area contributed by atoms with E-state index < -0.39 is 0 Å². The molecule has 0 aromatic carbocycles. The molecule has 0 saturated heterocycles. The van der Waals surface area contributed by atoms with Crippen molar-refractivity contribution in [2.75, 3.05) is 5.32 Å². The number of hydrogen-bond donors (Lipinski definition) is 1. The van der Waals surface area contributed by atoms with Gasteiger partial charge in [0, 0.05) is 6.20 Å². The van der Waals surface area contributed by atoms with Crippen LogP contribution in [0.15, 0.2) is 40.6 Å². The highest BCUT2D eigenvalue weighted by Gasteiger charge is 2.14. The van der Waals surface area contributed by atoms with E-state index in [0.29, 0.717) is 16.2 Å². The summed E-state index contributed by atoms with van der Waals surface area (Å²) in [5.74, 6) is -0.292. The van der Waals surface area contributed by atoms with Gasteiger partial charge < -0.3 is 5.32 Å². The fraction of sp³-hybridized carbons (Fsp3) is 0.133. The number of amides is 1. The Bertz CT molecular complexity index is 882. The van der Waals surface area contributed by atoms with Crippen molar-refractivity contribution in [3.63, 3.8) is 0 Å². The van der Waals surface area contributed by atoms with Gasteiger partial charge in [-0.05, 0) is 36.9 Å². The van der Waals surface area contributed by atoms with E-state index in [1.807, 2.05) is 18.4 Å². The Morgan fingerprint density at radius 3 is 2.81 bits per heavy atom. The standard InChI is InChI=1S/C15H13N3O2S/c1-9-5-6-12-16-10(2)13(15(20)18(12)8-9)17-14(19)11-4-3-7-21-11/h3-8H,1-2H3,(H,17,19). The second-order valence-corrected chi connectivity index (χ2v) is 5.69. The van der Waals surface area contributed by atoms with E-state index in [1.165, 1.54) is 15.7 Å². The summed E-state index contributed by atoms with van der Waals surface area (Å²) in [6.07, 6.45) is 1.71. The minimum Gasteiger partial charge on any atom is -0.315 e. The topological polar surface area (TPSA) is 63.5 Å². The Morgan fingerprint density at radius 2 is 2.10 bits per heavy atom. The molecule has 21 heavy (non-hydrogen) atoms. The lowest BCUT2D eigenvalue weighted by molar-refractivity contribution is 0.103. The molecule has 0 spiro atoms. The quantitative estimate of drug-likeness (QED) is 0.791. The maximum absolute atomic E-state index is 12.5. The second-order valence-electron chi connectivity index (χ2n) is 4.74. The monoisotopic (exact) mass is 299 g/mol. The highest BCUT2D eigenvalue weighted by molar-refractivity contribution is 7.12. The molecule has 0 aliphatic heterocycles. The first kappa shape index (κ1) is 13.5. The largest absolute Gasteiger partial charge is 0.315 e. The van der Waals surface area contributed by atoms with Crippen molar-refractivity contribution in [2.45, 2.75) is 13.8 Å². The third-order valence-electron chi connectivity index (χ3n) is 3.14. The van der Waals surface area contributed by atoms with Gasteiger partial charge in [-0.2, -0.15) is 0 Å². The minimum absolute atomic E-state index is 0.219. The van der Waals surface area contributed by atoms with Gasteiger partial charge >= 0.3 is 0 Å². The summed E-state index contributed by atoms with van der Waals surface area (Å²) in [4.78, 5) is 29.5. The van der Waals surface area contributed by atoms with E-state index in [-0.39, 0.29) is 17.2 Å². The summed E-state index contributed by atoms with van der Waals surface area (Å²) in [7, 11) is 0. The molecule has 0 atom stereocenters. The van der Waals surface area contributed by atoms with Gasteiger partial charge in [-0.1, -0.05) is 12.1 Å². The van der Waals surface area contributed by atoms with E-state index in [9.17, 15) is 9.59 Å². The number of carbonyl (C=O) groups excluding carboxylic acids is 1. The molecule has 3 aromatic rings. The van der Waals surface area contributed by atoms with Crippen LogP contribution in [0.25, 0.3) is 5.65 Å². The van der Waals surface area contributed by atoms with Crippen LogP contribution < -0.4 is 10.9 Å². The molecule has 3 heterocycles. The van der Waals surface area contributed by atoms with Crippen LogP contribution in [0.4, 0.5) is 5.69 Å². The van der Waals surface area contributed by atoms with Crippen LogP contribution in [0.3, 0.4) is 0 Å². The van der Waals surface area contributed by atoms with Gasteiger partial charge in [0.25, 0.3) is 11.5 Å². The normalized spacial score (nSPS) is 10.8. The fourth-order valence-corrected chi connectivity index (χ4v) is 2.70. The van der Waals surface area contributed by atoms with Gasteiger partial charge in [-0.25, -0.2) is 4.98 Å². The van der Waals surface area contributed by atoms with Crippen molar-refractivity contribution in [3.05, 3.63) is 62.3 Å². The predicted octanol–water partition coefficient (Wildman–Crippen LogP) is 2.63. The molecule has 5 nitrogen and oxygen atoms in total. The maximum atomic E-state index is 12.5. The number of aromatic nitrogens is 2. The molecule has 0 aliphatic carbocycles. The molecule has 3 aromatic heterocycles. The first-order valence-electron chi connectivity index (χ1n) is 6.41. The molecular formula is C15H13N3O2S. The van der Waals surface area contributed by atoms with Crippen LogP contribution >= 0.6 is 11.3 Å². The Labute approximate surface area is 124 Å². The number of nitrogens with zero attached hydrogens (tertiary/aromatic N) is 2. The molecule has 1 N–H and O–H groups in total. The van der Waals surface area contributed by atoms with Gasteiger partial charge in [0.15, 0.2) is 0 Å². The maximum Gasteiger partial charge on any atom is 0.281 e. The van der Waals surface area contributed by atoms with Crippen molar-refractivity contribution < 1.29 is 4.79 Å². The van der Waals surface area contributed by atoms with Crippen molar-refractivity contribution in [1.82, 2.24) is 9.38 Å². The molecular weight excluding hydrogens is 286 g/mol. The highest BCUT2D eigenvalue weighted by atomic mass is 32.1. The van der Waals surface area contributed by atoms with Crippen LogP contribution in [0.2, 0.25) is 0 Å². The summed E-state index contributed by atoms with van der Waals surface area (Å²) >= 11 is 1.33. The van der Waals surface area contributed by atoms with E-state index in [1.54, 1.807) is 31.3 Å². The lowest BCUT2D eigenvalue weighted by Crippen LogP contribution is -2.24. The SMILES string of the molecule is Cc1ccc2nc(C)c(NC(=O)c3cccs3)c(=O)n2c1. The van der Waals surface area contributed by atoms with Gasteiger partial charge in [-0.3, -0.25) is 14.0 Å². The van der Waals surface area contributed by atoms with Crippen molar-refractivity contribution in [3.8, 4) is 0 Å². The Kier molecular flexibility index (Phi) is 3.31. The van der Waals surface area contributed by atoms with E-state index in [2.05, 4.69) is 10.3 Å². The lowest BCUT2D eigenvalue weighted by Gasteiger charge is -2.09. The van der Waals surface area contributed by atoms with Crippen LogP contribution in [-0.2, 0) is 0 Å². The van der Waals surface area contributed by atoms with E-state index in [0.717, 1.165) is 5.56 Å². The number of fused-ring (bicyclic) bond motifs is 1. The number of nitrogens with one attached hydrogen (secondary N) is 1. The number of thiophene rings is 1. The Morgan fingerprint density at radius 1 is 1.29 bits per heavy atom. The molecule has 0 fully saturated rings. The zero-order valence-electron chi connectivity index (χ0n) is 11.6. The third kappa shape index (κ3) is 2.45. The highest BCUT2D eigenvalue weighted by Crippen LogP contribution is 2.14. The number of aryl methyl sites for hydroxylation is 2. The summed E-state index contributed by atoms with van der Waals surface area (Å²) in [6, 6.07) is 7.19. The number of hydrogen-bond acceptors (Lipinski definition) is 4. The van der Waals surface area contributed by atoms with Crippen LogP contribution in [-0.4, -0.2) is 15.3 Å². The molecule has 0 saturated carbocycles. The zero-order valence-corrected chi connectivity index (χ0v) is 12.4. The van der Waals surface area contributed by atoms with Gasteiger partial charge in [0.05, 0.1) is 10.6 Å². The van der Waals surface area contributed by atoms with E-state index >= 15 is 0 Å². The first-order valence-corrected chi connectivity index (χ1v) is 7.29. The third-order valence-corrected chi connectivity index (χ3v) is 4.00. The average molecular weight is 299 g/mol. The number of anilines is 1. The molecule has 106 valence electrons. The van der Waals surface area contributed by atoms with Crippen molar-refractivity contribution in [2.24, 2.45) is 0 Å². The summed E-state index contributed by atoms with van der Waals surface area (Å²) in [5, 5.41) is 4.48. The molecule has 6 heteroatoms. The molecule has 1 amide bonds. The van der Waals surface area contributed by atoms with Crippen LogP contribution in [0.5, 0.6) is 0 Å². The predicted molar refractivity (Wildman–Crippen MR) is 83.2 cm³/mol. The molecule has 3 rings (SSSR count). The summed E-state index contributed by atoms with van der Waals surface area (Å²) in [6.45, 7) is 3.61. The van der Waals surface area contributed by atoms with Crippen molar-refractivity contribution >= 4 is 28.6 Å². The van der Waals surface area contributed by atoms with Crippen molar-refractivity contribution in [1.29, 1.82) is 0 Å². The molecule has 0 aliphatic rings.